The molecule has 0 saturated carbocycles. The Morgan fingerprint density at radius 1 is 1.24 bits per heavy atom. The normalized spacial score (nSPS) is 31.1. The number of aromatic nitrogens is 2. The summed E-state index contributed by atoms with van der Waals surface area (Å²) in [5.74, 6) is 1.02. The van der Waals surface area contributed by atoms with Gasteiger partial charge in [0.25, 0.3) is 5.91 Å². The molecule has 1 amide bonds. The van der Waals surface area contributed by atoms with E-state index >= 15 is 0 Å². The maximum absolute atomic E-state index is 12.7. The van der Waals surface area contributed by atoms with E-state index in [0.29, 0.717) is 17.5 Å². The van der Waals surface area contributed by atoms with Crippen molar-refractivity contribution in [1.29, 1.82) is 0 Å². The topological polar surface area (TPSA) is 61.8 Å². The van der Waals surface area contributed by atoms with Crippen LogP contribution < -0.4 is 0 Å². The van der Waals surface area contributed by atoms with Crippen LogP contribution in [-0.2, 0) is 4.74 Å². The predicted molar refractivity (Wildman–Crippen MR) is 93.2 cm³/mol. The Balaban J connectivity index is 1.38. The first-order valence-electron chi connectivity index (χ1n) is 9.28. The summed E-state index contributed by atoms with van der Waals surface area (Å²) in [7, 11) is 2.18. The van der Waals surface area contributed by atoms with Crippen LogP contribution in [0.15, 0.2) is 18.6 Å². The Morgan fingerprint density at radius 2 is 2.08 bits per heavy atom. The van der Waals surface area contributed by atoms with Gasteiger partial charge >= 0.3 is 0 Å². The highest BCUT2D eigenvalue weighted by molar-refractivity contribution is 5.92. The van der Waals surface area contributed by atoms with Crippen molar-refractivity contribution in [1.82, 2.24) is 24.7 Å². The molecule has 0 radical (unpaired) electrons. The molecule has 1 aromatic heterocycles. The van der Waals surface area contributed by atoms with Crippen molar-refractivity contribution >= 4 is 5.91 Å². The lowest BCUT2D eigenvalue weighted by atomic mass is 9.84. The van der Waals surface area contributed by atoms with Gasteiger partial charge in [0.15, 0.2) is 0 Å². The second-order valence-electron chi connectivity index (χ2n) is 7.53. The molecular weight excluding hydrogens is 318 g/mol. The van der Waals surface area contributed by atoms with Crippen molar-refractivity contribution in [3.05, 3.63) is 24.3 Å². The lowest BCUT2D eigenvalue weighted by Gasteiger charge is -2.38. The summed E-state index contributed by atoms with van der Waals surface area (Å²) >= 11 is 0. The zero-order chi connectivity index (χ0) is 17.2. The minimum absolute atomic E-state index is 0.00297. The van der Waals surface area contributed by atoms with Crippen LogP contribution in [0.5, 0.6) is 0 Å². The number of carbonyl (C=O) groups excluding carboxylic acids is 1. The van der Waals surface area contributed by atoms with Gasteiger partial charge in [-0.25, -0.2) is 4.98 Å². The van der Waals surface area contributed by atoms with Crippen LogP contribution in [0.1, 0.15) is 16.9 Å². The molecule has 0 bridgehead atoms. The zero-order valence-corrected chi connectivity index (χ0v) is 14.9. The molecule has 0 spiro atoms. The molecule has 0 aliphatic carbocycles. The van der Waals surface area contributed by atoms with Crippen molar-refractivity contribution in [2.24, 2.45) is 11.8 Å². The first-order chi connectivity index (χ1) is 12.2. The number of fused-ring (bicyclic) bond motifs is 1. The molecule has 7 nitrogen and oxygen atoms in total. The molecule has 3 atom stereocenters. The Kier molecular flexibility index (Phi) is 4.96. The predicted octanol–water partition coefficient (Wildman–Crippen LogP) is 0.201. The standard InChI is InChI=1S/C18H27N5O2/c1-21-6-8-22(9-7-21)12-17-15-11-23(5-2-14(15)13-25-17)18(24)16-10-19-3-4-20-16/h3-4,10,14-15,17H,2,5-9,11-13H2,1H3/t14-,15-,17+/m1/s1. The lowest BCUT2D eigenvalue weighted by molar-refractivity contribution is 0.0290. The number of rotatable bonds is 3. The fourth-order valence-electron chi connectivity index (χ4n) is 4.26. The van der Waals surface area contributed by atoms with Crippen LogP contribution in [0.25, 0.3) is 0 Å². The molecule has 4 heterocycles. The van der Waals surface area contributed by atoms with Gasteiger partial charge in [-0.3, -0.25) is 14.7 Å². The molecule has 1 aromatic rings. The van der Waals surface area contributed by atoms with Crippen molar-refractivity contribution in [3.8, 4) is 0 Å². The van der Waals surface area contributed by atoms with E-state index in [9.17, 15) is 4.79 Å². The first-order valence-corrected chi connectivity index (χ1v) is 9.28. The molecule has 3 fully saturated rings. The minimum atomic E-state index is -0.00297. The summed E-state index contributed by atoms with van der Waals surface area (Å²) in [5, 5.41) is 0. The van der Waals surface area contributed by atoms with Crippen LogP contribution in [0.3, 0.4) is 0 Å². The number of likely N-dealkylation sites (tertiary alicyclic amines) is 1. The van der Waals surface area contributed by atoms with Crippen molar-refractivity contribution in [2.45, 2.75) is 12.5 Å². The van der Waals surface area contributed by atoms with Crippen LogP contribution >= 0.6 is 0 Å². The molecular formula is C18H27N5O2. The van der Waals surface area contributed by atoms with Crippen molar-refractivity contribution < 1.29 is 9.53 Å². The van der Waals surface area contributed by atoms with E-state index in [0.717, 1.165) is 58.8 Å². The third kappa shape index (κ3) is 3.68. The van der Waals surface area contributed by atoms with Crippen LogP contribution in [0.4, 0.5) is 0 Å². The number of piperidine rings is 1. The molecule has 0 unspecified atom stereocenters. The van der Waals surface area contributed by atoms with Crippen LogP contribution in [-0.4, -0.2) is 96.1 Å². The number of likely N-dealkylation sites (N-methyl/N-ethyl adjacent to an activating group) is 1. The molecule has 7 heteroatoms. The Labute approximate surface area is 149 Å². The Hall–Kier alpha value is -1.57. The van der Waals surface area contributed by atoms with Gasteiger partial charge in [-0.2, -0.15) is 0 Å². The molecule has 25 heavy (non-hydrogen) atoms. The van der Waals surface area contributed by atoms with E-state index in [1.807, 2.05) is 4.90 Å². The van der Waals surface area contributed by atoms with Gasteiger partial charge in [0.05, 0.1) is 18.9 Å². The third-order valence-corrected chi connectivity index (χ3v) is 5.91. The molecule has 4 rings (SSSR count). The highest BCUT2D eigenvalue weighted by atomic mass is 16.5. The van der Waals surface area contributed by atoms with Crippen LogP contribution in [0.2, 0.25) is 0 Å². The van der Waals surface area contributed by atoms with E-state index in [2.05, 4.69) is 26.8 Å². The smallest absolute Gasteiger partial charge is 0.274 e. The summed E-state index contributed by atoms with van der Waals surface area (Å²) in [5.41, 5.74) is 0.440. The third-order valence-electron chi connectivity index (χ3n) is 5.91. The number of amides is 1. The number of hydrogen-bond donors (Lipinski definition) is 0. The highest BCUT2D eigenvalue weighted by Gasteiger charge is 2.42. The van der Waals surface area contributed by atoms with Gasteiger partial charge in [0, 0.05) is 64.1 Å². The van der Waals surface area contributed by atoms with Gasteiger partial charge < -0.3 is 14.5 Å². The van der Waals surface area contributed by atoms with Crippen molar-refractivity contribution in [3.63, 3.8) is 0 Å². The fraction of sp³-hybridized carbons (Fsp3) is 0.722. The van der Waals surface area contributed by atoms with E-state index < -0.39 is 0 Å². The largest absolute Gasteiger partial charge is 0.376 e. The Bertz CT molecular complexity index is 590. The maximum atomic E-state index is 12.7. The fourth-order valence-corrected chi connectivity index (χ4v) is 4.26. The summed E-state index contributed by atoms with van der Waals surface area (Å²) in [6.07, 6.45) is 6.00. The average molecular weight is 345 g/mol. The summed E-state index contributed by atoms with van der Waals surface area (Å²) in [6.45, 7) is 7.86. The van der Waals surface area contributed by atoms with E-state index in [4.69, 9.17) is 4.74 Å². The van der Waals surface area contributed by atoms with Gasteiger partial charge in [-0.1, -0.05) is 0 Å². The monoisotopic (exact) mass is 345 g/mol. The quantitative estimate of drug-likeness (QED) is 0.780. The number of carbonyl (C=O) groups is 1. The summed E-state index contributed by atoms with van der Waals surface area (Å²) in [6, 6.07) is 0. The summed E-state index contributed by atoms with van der Waals surface area (Å²) < 4.78 is 6.14. The average Bonchev–Trinajstić information content (AvgIpc) is 3.06. The van der Waals surface area contributed by atoms with Gasteiger partial charge in [-0.05, 0) is 19.4 Å². The molecule has 0 aromatic carbocycles. The second kappa shape index (κ2) is 7.35. The van der Waals surface area contributed by atoms with Gasteiger partial charge in [-0.15, -0.1) is 0 Å². The van der Waals surface area contributed by atoms with Gasteiger partial charge in [0.2, 0.25) is 0 Å². The van der Waals surface area contributed by atoms with Crippen molar-refractivity contribution in [2.75, 3.05) is 59.5 Å². The van der Waals surface area contributed by atoms with E-state index in [-0.39, 0.29) is 12.0 Å². The molecule has 136 valence electrons. The maximum Gasteiger partial charge on any atom is 0.274 e. The highest BCUT2D eigenvalue weighted by Crippen LogP contribution is 2.35. The summed E-state index contributed by atoms with van der Waals surface area (Å²) in [4.78, 5) is 27.7. The molecule has 0 N–H and O–H groups in total. The van der Waals surface area contributed by atoms with Crippen LogP contribution in [0, 0.1) is 11.8 Å². The second-order valence-corrected chi connectivity index (χ2v) is 7.53. The van der Waals surface area contributed by atoms with E-state index in [1.165, 1.54) is 0 Å². The molecule has 3 aliphatic rings. The molecule has 3 saturated heterocycles. The Morgan fingerprint density at radius 3 is 2.84 bits per heavy atom. The molecule has 3 aliphatic heterocycles. The SMILES string of the molecule is CN1CCN(C[C@@H]2OC[C@H]3CCN(C(=O)c4cnccn4)C[C@H]32)CC1. The van der Waals surface area contributed by atoms with Gasteiger partial charge in [0.1, 0.15) is 5.69 Å². The number of ether oxygens (including phenoxy) is 1. The minimum Gasteiger partial charge on any atom is -0.376 e. The number of nitrogens with zero attached hydrogens (tertiary/aromatic N) is 5. The number of piperazine rings is 1. The lowest BCUT2D eigenvalue weighted by Crippen LogP contribution is -2.50. The number of hydrogen-bond acceptors (Lipinski definition) is 6. The zero-order valence-electron chi connectivity index (χ0n) is 14.9. The first kappa shape index (κ1) is 16.9. The van der Waals surface area contributed by atoms with E-state index in [1.54, 1.807) is 18.6 Å².